The Balaban J connectivity index is 0.000000510. The van der Waals surface area contributed by atoms with E-state index in [-0.39, 0.29) is 29.0 Å². The minimum atomic E-state index is -0.932. The maximum atomic E-state index is 12.6. The second-order valence-electron chi connectivity index (χ2n) is 7.90. The van der Waals surface area contributed by atoms with Gasteiger partial charge in [-0.15, -0.1) is 0 Å². The van der Waals surface area contributed by atoms with Crippen molar-refractivity contribution in [3.05, 3.63) is 83.1 Å². The van der Waals surface area contributed by atoms with Gasteiger partial charge in [0.25, 0.3) is 5.91 Å². The van der Waals surface area contributed by atoms with E-state index in [1.165, 1.54) is 39.3 Å². The number of rotatable bonds is 8. The van der Waals surface area contributed by atoms with Crippen LogP contribution in [0.1, 0.15) is 36.8 Å². The highest BCUT2D eigenvalue weighted by Crippen LogP contribution is 2.29. The number of phenolic OH excluding ortho intramolecular Hbond substituents is 1. The van der Waals surface area contributed by atoms with Crippen LogP contribution >= 0.6 is 11.6 Å². The molecule has 37 heavy (non-hydrogen) atoms. The first-order chi connectivity index (χ1) is 17.6. The maximum Gasteiger partial charge on any atom is 0.328 e. The third-order valence-electron chi connectivity index (χ3n) is 4.74. The van der Waals surface area contributed by atoms with Crippen LogP contribution in [0.25, 0.3) is 0 Å². The van der Waals surface area contributed by atoms with Crippen LogP contribution in [0.5, 0.6) is 17.2 Å². The molecule has 196 valence electrons. The summed E-state index contributed by atoms with van der Waals surface area (Å²) in [6.07, 6.45) is 1.53. The summed E-state index contributed by atoms with van der Waals surface area (Å²) in [6, 6.07) is 16.6. The number of hydrogen-bond donors (Lipinski definition) is 2. The Kier molecular flexibility index (Phi) is 11.4. The molecule has 2 aromatic carbocycles. The molecule has 1 aromatic heterocycles. The number of nitrogens with one attached hydrogen (secondary N) is 1. The highest BCUT2D eigenvalue weighted by atomic mass is 35.5. The van der Waals surface area contributed by atoms with Crippen LogP contribution < -0.4 is 14.8 Å². The van der Waals surface area contributed by atoms with E-state index < -0.39 is 23.9 Å². The second kappa shape index (κ2) is 14.4. The van der Waals surface area contributed by atoms with Crippen LogP contribution in [0.2, 0.25) is 5.02 Å². The third kappa shape index (κ3) is 9.81. The Morgan fingerprint density at radius 3 is 2.32 bits per heavy atom. The Labute approximate surface area is 220 Å². The maximum absolute atomic E-state index is 12.6. The number of methoxy groups -OCH3 is 1. The highest BCUT2D eigenvalue weighted by molar-refractivity contribution is 6.30. The van der Waals surface area contributed by atoms with Crippen molar-refractivity contribution in [3.63, 3.8) is 0 Å². The van der Waals surface area contributed by atoms with Crippen molar-refractivity contribution in [2.75, 3.05) is 7.11 Å². The zero-order valence-corrected chi connectivity index (χ0v) is 21.7. The standard InChI is InChI=1S/C21H24N2O6.C6H5ClO/c1-13(12-16-8-6-5-7-9-16)28-21(26)14(2)23-20(25)18-19(29-15(3)24)17(27-4)10-11-22-18;7-5-2-1-3-6(8)4-5/h5-11,13-14H,12H2,1-4H3,(H,23,25);1-4,8H/t13?,14-;/m0./s1. The summed E-state index contributed by atoms with van der Waals surface area (Å²) >= 11 is 5.48. The van der Waals surface area contributed by atoms with E-state index >= 15 is 0 Å². The van der Waals surface area contributed by atoms with Crippen LogP contribution in [0.15, 0.2) is 66.9 Å². The molecule has 9 nitrogen and oxygen atoms in total. The van der Waals surface area contributed by atoms with Crippen molar-refractivity contribution in [2.45, 2.75) is 39.3 Å². The van der Waals surface area contributed by atoms with E-state index in [0.717, 1.165) is 5.56 Å². The Bertz CT molecular complexity index is 1190. The first-order valence-corrected chi connectivity index (χ1v) is 11.7. The van der Waals surface area contributed by atoms with E-state index in [4.69, 9.17) is 30.9 Å². The van der Waals surface area contributed by atoms with Gasteiger partial charge in [-0.05, 0) is 37.6 Å². The number of phenols is 1. The minimum Gasteiger partial charge on any atom is -0.508 e. The number of aromatic nitrogens is 1. The molecule has 3 aromatic rings. The van der Waals surface area contributed by atoms with Crippen LogP contribution in [0.3, 0.4) is 0 Å². The summed E-state index contributed by atoms with van der Waals surface area (Å²) in [4.78, 5) is 40.2. The quantitative estimate of drug-likeness (QED) is 0.413. The fourth-order valence-corrected chi connectivity index (χ4v) is 3.27. The summed E-state index contributed by atoms with van der Waals surface area (Å²) in [5.74, 6) is -1.64. The van der Waals surface area contributed by atoms with Crippen molar-refractivity contribution >= 4 is 29.4 Å². The Morgan fingerprint density at radius 2 is 1.76 bits per heavy atom. The Hall–Kier alpha value is -4.11. The van der Waals surface area contributed by atoms with Gasteiger partial charge in [0.05, 0.1) is 7.11 Å². The molecule has 0 saturated heterocycles. The van der Waals surface area contributed by atoms with E-state index in [1.807, 2.05) is 30.3 Å². The average Bonchev–Trinajstić information content (AvgIpc) is 2.84. The summed E-state index contributed by atoms with van der Waals surface area (Å²) in [7, 11) is 1.37. The summed E-state index contributed by atoms with van der Waals surface area (Å²) in [5.41, 5.74) is 0.868. The molecule has 0 bridgehead atoms. The van der Waals surface area contributed by atoms with Crippen LogP contribution in [0.4, 0.5) is 0 Å². The van der Waals surface area contributed by atoms with E-state index in [1.54, 1.807) is 25.1 Å². The van der Waals surface area contributed by atoms with Gasteiger partial charge in [0.1, 0.15) is 17.9 Å². The molecule has 0 radical (unpaired) electrons. The number of carbonyl (C=O) groups excluding carboxylic acids is 3. The fraction of sp³-hybridized carbons (Fsp3) is 0.259. The molecule has 0 aliphatic heterocycles. The molecular formula is C27H29ClN2O7. The number of hydrogen-bond acceptors (Lipinski definition) is 8. The number of halogens is 1. The van der Waals surface area contributed by atoms with Gasteiger partial charge in [-0.2, -0.15) is 0 Å². The monoisotopic (exact) mass is 528 g/mol. The number of nitrogens with zero attached hydrogens (tertiary/aromatic N) is 1. The zero-order valence-electron chi connectivity index (χ0n) is 20.9. The molecule has 0 fully saturated rings. The molecule has 0 saturated carbocycles. The number of aromatic hydroxyl groups is 1. The predicted octanol–water partition coefficient (Wildman–Crippen LogP) is 4.35. The van der Waals surface area contributed by atoms with Crippen LogP contribution in [-0.4, -0.2) is 47.2 Å². The topological polar surface area (TPSA) is 124 Å². The van der Waals surface area contributed by atoms with Gasteiger partial charge in [-0.1, -0.05) is 48.0 Å². The number of pyridine rings is 1. The molecule has 1 unspecified atom stereocenters. The van der Waals surface area contributed by atoms with Gasteiger partial charge in [0, 0.05) is 30.6 Å². The number of carbonyl (C=O) groups is 3. The van der Waals surface area contributed by atoms with Gasteiger partial charge in [0.15, 0.2) is 11.4 Å². The molecule has 2 atom stereocenters. The molecule has 2 N–H and O–H groups in total. The molecule has 1 heterocycles. The van der Waals surface area contributed by atoms with Crippen molar-refractivity contribution in [1.82, 2.24) is 10.3 Å². The van der Waals surface area contributed by atoms with E-state index in [0.29, 0.717) is 11.4 Å². The molecule has 10 heteroatoms. The number of amides is 1. The lowest BCUT2D eigenvalue weighted by atomic mass is 10.1. The average molecular weight is 529 g/mol. The number of esters is 2. The lowest BCUT2D eigenvalue weighted by molar-refractivity contribution is -0.150. The van der Waals surface area contributed by atoms with Crippen molar-refractivity contribution in [2.24, 2.45) is 0 Å². The lowest BCUT2D eigenvalue weighted by Gasteiger charge is -2.18. The summed E-state index contributed by atoms with van der Waals surface area (Å²) in [5, 5.41) is 11.8. The molecular weight excluding hydrogens is 500 g/mol. The van der Waals surface area contributed by atoms with Gasteiger partial charge in [-0.3, -0.25) is 9.59 Å². The van der Waals surface area contributed by atoms with Crippen LogP contribution in [0, 0.1) is 0 Å². The molecule has 1 amide bonds. The van der Waals surface area contributed by atoms with Crippen molar-refractivity contribution in [3.8, 4) is 17.2 Å². The first kappa shape index (κ1) is 29.1. The van der Waals surface area contributed by atoms with Crippen molar-refractivity contribution in [1.29, 1.82) is 0 Å². The lowest BCUT2D eigenvalue weighted by Crippen LogP contribution is -2.41. The van der Waals surface area contributed by atoms with E-state index in [2.05, 4.69) is 10.3 Å². The predicted molar refractivity (Wildman–Crippen MR) is 138 cm³/mol. The number of ether oxygens (including phenoxy) is 3. The first-order valence-electron chi connectivity index (χ1n) is 11.3. The third-order valence-corrected chi connectivity index (χ3v) is 4.98. The molecule has 3 rings (SSSR count). The Morgan fingerprint density at radius 1 is 1.05 bits per heavy atom. The van der Waals surface area contributed by atoms with Crippen LogP contribution in [-0.2, 0) is 20.7 Å². The number of benzene rings is 2. The molecule has 0 aliphatic rings. The van der Waals surface area contributed by atoms with E-state index in [9.17, 15) is 14.4 Å². The van der Waals surface area contributed by atoms with Gasteiger partial charge >= 0.3 is 11.9 Å². The smallest absolute Gasteiger partial charge is 0.328 e. The highest BCUT2D eigenvalue weighted by Gasteiger charge is 2.25. The molecule has 0 spiro atoms. The second-order valence-corrected chi connectivity index (χ2v) is 8.33. The van der Waals surface area contributed by atoms with Crippen molar-refractivity contribution < 1.29 is 33.7 Å². The van der Waals surface area contributed by atoms with Gasteiger partial charge in [0.2, 0.25) is 5.75 Å². The minimum absolute atomic E-state index is 0.113. The van der Waals surface area contributed by atoms with Gasteiger partial charge in [-0.25, -0.2) is 9.78 Å². The molecule has 0 aliphatic carbocycles. The summed E-state index contributed by atoms with van der Waals surface area (Å²) in [6.45, 7) is 4.48. The van der Waals surface area contributed by atoms with Gasteiger partial charge < -0.3 is 24.6 Å². The largest absolute Gasteiger partial charge is 0.508 e. The summed E-state index contributed by atoms with van der Waals surface area (Å²) < 4.78 is 15.6. The fourth-order valence-electron chi connectivity index (χ4n) is 3.08. The normalized spacial score (nSPS) is 11.7. The zero-order chi connectivity index (χ0) is 27.4. The SMILES string of the molecule is COc1ccnc(C(=O)N[C@@H](C)C(=O)OC(C)Cc2ccccc2)c1OC(C)=O.Oc1cccc(Cl)c1.